The Kier molecular flexibility index (Phi) is 8.64. The largest absolute Gasteiger partial charge is 0.462 e. The van der Waals surface area contributed by atoms with Crippen molar-refractivity contribution in [1.29, 1.82) is 5.26 Å². The van der Waals surface area contributed by atoms with Crippen molar-refractivity contribution in [2.24, 2.45) is 17.8 Å². The number of para-hydroxylation sites is 2. The molecule has 2 amide bonds. The van der Waals surface area contributed by atoms with Crippen molar-refractivity contribution in [2.75, 3.05) is 6.54 Å². The Labute approximate surface area is 269 Å². The molecule has 0 bridgehead atoms. The molecule has 7 heteroatoms. The molecule has 3 aromatic carbocycles. The summed E-state index contributed by atoms with van der Waals surface area (Å²) >= 11 is 0. The van der Waals surface area contributed by atoms with Crippen LogP contribution in [-0.2, 0) is 19.1 Å². The number of benzene rings is 3. The average molecular weight is 614 g/mol. The molecule has 0 saturated heterocycles. The van der Waals surface area contributed by atoms with Gasteiger partial charge in [-0.1, -0.05) is 63.2 Å². The lowest BCUT2D eigenvalue weighted by Gasteiger charge is -2.35. The van der Waals surface area contributed by atoms with Crippen molar-refractivity contribution in [1.82, 2.24) is 9.47 Å². The van der Waals surface area contributed by atoms with E-state index in [1.54, 1.807) is 13.0 Å². The summed E-state index contributed by atoms with van der Waals surface area (Å²) in [5.74, 6) is -0.342. The first kappa shape index (κ1) is 31.0. The number of hydrogen-bond donors (Lipinski definition) is 0. The number of amides is 2. The minimum Gasteiger partial charge on any atom is -0.462 e. The molecule has 4 aromatic rings. The van der Waals surface area contributed by atoms with Crippen molar-refractivity contribution in [3.8, 4) is 11.8 Å². The topological polar surface area (TPSA) is 92.4 Å². The van der Waals surface area contributed by atoms with E-state index in [2.05, 4.69) is 49.6 Å². The van der Waals surface area contributed by atoms with Crippen molar-refractivity contribution in [3.63, 3.8) is 0 Å². The van der Waals surface area contributed by atoms with Gasteiger partial charge in [0.25, 0.3) is 11.8 Å². The summed E-state index contributed by atoms with van der Waals surface area (Å²) in [4.78, 5) is 41.0. The number of rotatable bonds is 7. The average Bonchev–Trinajstić information content (AvgIpc) is 3.38. The number of esters is 1. The molecule has 0 N–H and O–H groups in total. The molecule has 0 radical (unpaired) electrons. The third kappa shape index (κ3) is 5.76. The van der Waals surface area contributed by atoms with Gasteiger partial charge < -0.3 is 9.30 Å². The highest BCUT2D eigenvalue weighted by Gasteiger charge is 2.36. The Balaban J connectivity index is 1.28. The molecule has 1 aliphatic heterocycles. The lowest BCUT2D eigenvalue weighted by atomic mass is 9.76. The van der Waals surface area contributed by atoms with Gasteiger partial charge in [-0.05, 0) is 91.5 Å². The normalized spacial score (nSPS) is 21.4. The Morgan fingerprint density at radius 3 is 2.43 bits per heavy atom. The lowest BCUT2D eigenvalue weighted by molar-refractivity contribution is -0.155. The van der Waals surface area contributed by atoms with Crippen LogP contribution in [-0.4, -0.2) is 39.9 Å². The van der Waals surface area contributed by atoms with E-state index in [0.717, 1.165) is 57.2 Å². The van der Waals surface area contributed by atoms with Crippen LogP contribution in [0.25, 0.3) is 33.6 Å². The van der Waals surface area contributed by atoms with Crippen LogP contribution in [0.2, 0.25) is 0 Å². The minimum atomic E-state index is -0.678. The Hall–Kier alpha value is -4.96. The van der Waals surface area contributed by atoms with E-state index < -0.39 is 17.8 Å². The van der Waals surface area contributed by atoms with E-state index in [9.17, 15) is 19.6 Å². The number of aromatic nitrogens is 1. The number of carbonyl (C=O) groups is 3. The molecule has 7 nitrogen and oxygen atoms in total. The zero-order valence-corrected chi connectivity index (χ0v) is 26.8. The fraction of sp³-hybridized carbons (Fsp3) is 0.333. The van der Waals surface area contributed by atoms with Gasteiger partial charge in [-0.3, -0.25) is 19.3 Å². The summed E-state index contributed by atoms with van der Waals surface area (Å²) in [6.07, 6.45) is 4.40. The number of ether oxygens (including phenoxy) is 1. The molecule has 0 spiro atoms. The summed E-state index contributed by atoms with van der Waals surface area (Å²) < 4.78 is 8.08. The summed E-state index contributed by atoms with van der Waals surface area (Å²) in [5.41, 5.74) is 4.40. The number of hydrogen-bond acceptors (Lipinski definition) is 5. The summed E-state index contributed by atoms with van der Waals surface area (Å²) in [5, 5.41) is 12.0. The van der Waals surface area contributed by atoms with E-state index in [4.69, 9.17) is 4.74 Å². The molecule has 1 aromatic heterocycles. The van der Waals surface area contributed by atoms with E-state index in [1.807, 2.05) is 54.6 Å². The molecular formula is C39H39N3O4. The van der Waals surface area contributed by atoms with Crippen molar-refractivity contribution in [3.05, 3.63) is 95.1 Å². The highest BCUT2D eigenvalue weighted by Crippen LogP contribution is 2.36. The van der Waals surface area contributed by atoms with Crippen molar-refractivity contribution in [2.45, 2.75) is 59.5 Å². The molecule has 6 rings (SSSR count). The summed E-state index contributed by atoms with van der Waals surface area (Å²) in [6, 6.07) is 26.3. The smallest absolute Gasteiger partial charge is 0.307 e. The number of fused-ring (bicyclic) bond motifs is 3. The van der Waals surface area contributed by atoms with Crippen LogP contribution < -0.4 is 0 Å². The standard InChI is InChI=1S/C39H39N3O4/c1-24(2)28-16-14-25(3)36(22-28)46-37(43)18-19-41-38(44)31(26(4)33(23-40)39(41)45)20-27-15-17-35-32(21-27)30-12-8-9-13-34(30)42(35)29-10-6-5-7-11-29/h5-13,15,17,20-21,24-25,28,36H,14,16,18-19,22H2,1-4H3/b31-20+. The predicted octanol–water partition coefficient (Wildman–Crippen LogP) is 7.77. The summed E-state index contributed by atoms with van der Waals surface area (Å²) in [6.45, 7) is 7.97. The number of nitriles is 1. The van der Waals surface area contributed by atoms with Gasteiger partial charge in [0.05, 0.1) is 17.5 Å². The van der Waals surface area contributed by atoms with Crippen molar-refractivity contribution >= 4 is 45.7 Å². The van der Waals surface area contributed by atoms with E-state index in [0.29, 0.717) is 17.4 Å². The molecule has 2 heterocycles. The molecule has 46 heavy (non-hydrogen) atoms. The van der Waals surface area contributed by atoms with Crippen LogP contribution in [0.1, 0.15) is 58.9 Å². The third-order valence-electron chi connectivity index (χ3n) is 9.78. The van der Waals surface area contributed by atoms with Gasteiger partial charge in [0.2, 0.25) is 0 Å². The van der Waals surface area contributed by atoms with Crippen LogP contribution >= 0.6 is 0 Å². The zero-order chi connectivity index (χ0) is 32.5. The van der Waals surface area contributed by atoms with Crippen LogP contribution in [0.5, 0.6) is 0 Å². The molecule has 234 valence electrons. The minimum absolute atomic E-state index is 0.0957. The highest BCUT2D eigenvalue weighted by molar-refractivity contribution is 6.20. The predicted molar refractivity (Wildman–Crippen MR) is 180 cm³/mol. The molecular weight excluding hydrogens is 574 g/mol. The molecule has 1 aliphatic carbocycles. The molecule has 1 saturated carbocycles. The number of imide groups is 1. The van der Waals surface area contributed by atoms with Crippen LogP contribution in [0.15, 0.2) is 89.5 Å². The van der Waals surface area contributed by atoms with Gasteiger partial charge >= 0.3 is 5.97 Å². The Morgan fingerprint density at radius 1 is 0.978 bits per heavy atom. The van der Waals surface area contributed by atoms with E-state index in [1.165, 1.54) is 0 Å². The third-order valence-corrected chi connectivity index (χ3v) is 9.78. The maximum atomic E-state index is 13.8. The van der Waals surface area contributed by atoms with Gasteiger partial charge in [0.1, 0.15) is 17.7 Å². The maximum absolute atomic E-state index is 13.8. The Bertz CT molecular complexity index is 1940. The van der Waals surface area contributed by atoms with E-state index in [-0.39, 0.29) is 36.1 Å². The number of carbonyl (C=O) groups excluding carboxylic acids is 3. The second kappa shape index (κ2) is 12.8. The summed E-state index contributed by atoms with van der Waals surface area (Å²) in [7, 11) is 0. The molecule has 2 aliphatic rings. The van der Waals surface area contributed by atoms with Gasteiger partial charge in [0.15, 0.2) is 0 Å². The van der Waals surface area contributed by atoms with Crippen LogP contribution in [0.4, 0.5) is 0 Å². The zero-order valence-electron chi connectivity index (χ0n) is 26.8. The van der Waals surface area contributed by atoms with Crippen molar-refractivity contribution < 1.29 is 19.1 Å². The second-order valence-corrected chi connectivity index (χ2v) is 13.0. The highest BCUT2D eigenvalue weighted by atomic mass is 16.5. The van der Waals surface area contributed by atoms with E-state index >= 15 is 0 Å². The molecule has 3 unspecified atom stereocenters. The van der Waals surface area contributed by atoms with Gasteiger partial charge in [-0.25, -0.2) is 0 Å². The van der Waals surface area contributed by atoms with Crippen LogP contribution in [0.3, 0.4) is 0 Å². The molecule has 3 atom stereocenters. The van der Waals surface area contributed by atoms with Gasteiger partial charge in [-0.15, -0.1) is 0 Å². The first-order valence-electron chi connectivity index (χ1n) is 16.1. The first-order valence-corrected chi connectivity index (χ1v) is 16.1. The first-order chi connectivity index (χ1) is 22.2. The quantitative estimate of drug-likeness (QED) is 0.121. The molecule has 1 fully saturated rings. The Morgan fingerprint density at radius 2 is 1.70 bits per heavy atom. The van der Waals surface area contributed by atoms with Gasteiger partial charge in [0, 0.05) is 28.6 Å². The second-order valence-electron chi connectivity index (χ2n) is 13.0. The van der Waals surface area contributed by atoms with Crippen LogP contribution in [0, 0.1) is 29.1 Å². The maximum Gasteiger partial charge on any atom is 0.307 e. The lowest BCUT2D eigenvalue weighted by Crippen LogP contribution is -2.44. The monoisotopic (exact) mass is 613 g/mol. The fourth-order valence-electron chi connectivity index (χ4n) is 6.95. The SMILES string of the molecule is CC1=C(C#N)C(=O)N(CCC(=O)OC2CC(C(C)C)CCC2C)C(=O)/C1=C/c1ccc2c(c1)c1ccccc1n2-c1ccccc1. The van der Waals surface area contributed by atoms with Gasteiger partial charge in [-0.2, -0.15) is 5.26 Å². The number of nitrogens with zero attached hydrogens (tertiary/aromatic N) is 3. The fourth-order valence-corrected chi connectivity index (χ4v) is 6.95.